The molecule has 0 radical (unpaired) electrons. The second-order valence-corrected chi connectivity index (χ2v) is 9.91. The number of alkyl carbamates (subject to hydrolysis) is 1. The van der Waals surface area contributed by atoms with E-state index in [0.29, 0.717) is 37.5 Å². The third-order valence-electron chi connectivity index (χ3n) is 6.08. The van der Waals surface area contributed by atoms with Crippen molar-refractivity contribution in [3.63, 3.8) is 0 Å². The molecule has 0 aliphatic carbocycles. The summed E-state index contributed by atoms with van der Waals surface area (Å²) in [6.45, 7) is 8.92. The Morgan fingerprint density at radius 2 is 2.14 bits per heavy atom. The Kier molecular flexibility index (Phi) is 6.17. The third kappa shape index (κ3) is 4.78. The molecule has 5 heterocycles. The lowest BCUT2D eigenvalue weighted by Crippen LogP contribution is -2.55. The Balaban J connectivity index is 1.35. The zero-order valence-corrected chi connectivity index (χ0v) is 20.9. The quantitative estimate of drug-likeness (QED) is 0.387. The van der Waals surface area contributed by atoms with E-state index in [2.05, 4.69) is 20.6 Å². The summed E-state index contributed by atoms with van der Waals surface area (Å²) >= 11 is 0. The lowest BCUT2D eigenvalue weighted by molar-refractivity contribution is 0.0402. The summed E-state index contributed by atoms with van der Waals surface area (Å²) in [4.78, 5) is 18.8. The van der Waals surface area contributed by atoms with Crippen LogP contribution in [0.3, 0.4) is 0 Å². The van der Waals surface area contributed by atoms with Gasteiger partial charge >= 0.3 is 6.09 Å². The molecular weight excluding hydrogens is 462 g/mol. The second-order valence-electron chi connectivity index (χ2n) is 9.91. The maximum Gasteiger partial charge on any atom is 0.407 e. The monoisotopic (exact) mass is 493 g/mol. The molecule has 1 saturated heterocycles. The summed E-state index contributed by atoms with van der Waals surface area (Å²) in [6.07, 6.45) is 4.76. The van der Waals surface area contributed by atoms with Crippen molar-refractivity contribution in [3.05, 3.63) is 36.8 Å². The van der Waals surface area contributed by atoms with Gasteiger partial charge in [0.2, 0.25) is 0 Å². The van der Waals surface area contributed by atoms with Gasteiger partial charge in [0.1, 0.15) is 17.2 Å². The van der Waals surface area contributed by atoms with Gasteiger partial charge in [-0.25, -0.2) is 14.3 Å². The zero-order valence-electron chi connectivity index (χ0n) is 20.9. The number of piperidine rings is 1. The molecule has 190 valence electrons. The summed E-state index contributed by atoms with van der Waals surface area (Å²) in [7, 11) is 0. The number of hydrogen-bond acceptors (Lipinski definition) is 8. The van der Waals surface area contributed by atoms with E-state index in [4.69, 9.17) is 14.5 Å². The maximum absolute atomic E-state index is 12.1. The Morgan fingerprint density at radius 3 is 2.83 bits per heavy atom. The first-order valence-corrected chi connectivity index (χ1v) is 12.1. The van der Waals surface area contributed by atoms with E-state index in [1.807, 2.05) is 63.2 Å². The first-order valence-electron chi connectivity index (χ1n) is 12.1. The number of fused-ring (bicyclic) bond motifs is 3. The molecule has 11 nitrogen and oxygen atoms in total. The van der Waals surface area contributed by atoms with Crippen LogP contribution in [0.5, 0.6) is 5.75 Å². The predicted molar refractivity (Wildman–Crippen MR) is 135 cm³/mol. The largest absolute Gasteiger partial charge is 0.492 e. The van der Waals surface area contributed by atoms with Crippen LogP contribution < -0.4 is 15.0 Å². The molecular formula is C25H31N7O4. The van der Waals surface area contributed by atoms with Crippen LogP contribution in [0.4, 0.5) is 10.6 Å². The normalized spacial score (nSPS) is 18.5. The Labute approximate surface area is 208 Å². The summed E-state index contributed by atoms with van der Waals surface area (Å²) in [5, 5.41) is 26.0. The van der Waals surface area contributed by atoms with E-state index in [0.717, 1.165) is 27.8 Å². The first-order chi connectivity index (χ1) is 17.2. The number of amides is 1. The minimum atomic E-state index is -0.739. The molecule has 0 bridgehead atoms. The minimum absolute atomic E-state index is 0.356. The SMILES string of the molecule is CCOc1cc(-c2ccc(N3CC[C@H](NC(=O)OC(C)(C)C)[C@H](O)C3)nc2)c2c3cn[nH]c3nn2c1. The number of rotatable bonds is 5. The predicted octanol–water partition coefficient (Wildman–Crippen LogP) is 3.14. The van der Waals surface area contributed by atoms with Crippen molar-refractivity contribution in [2.75, 3.05) is 24.6 Å². The van der Waals surface area contributed by atoms with Crippen molar-refractivity contribution in [2.24, 2.45) is 0 Å². The molecule has 0 saturated carbocycles. The number of hydrogen-bond donors (Lipinski definition) is 3. The van der Waals surface area contributed by atoms with Gasteiger partial charge < -0.3 is 24.8 Å². The summed E-state index contributed by atoms with van der Waals surface area (Å²) in [5.41, 5.74) is 2.88. The van der Waals surface area contributed by atoms with Gasteiger partial charge in [0.15, 0.2) is 5.65 Å². The van der Waals surface area contributed by atoms with Gasteiger partial charge in [-0.15, -0.1) is 5.10 Å². The number of carbonyl (C=O) groups is 1. The molecule has 0 unspecified atom stereocenters. The molecule has 1 aliphatic rings. The van der Waals surface area contributed by atoms with Crippen molar-refractivity contribution in [1.29, 1.82) is 0 Å². The molecule has 1 aliphatic heterocycles. The van der Waals surface area contributed by atoms with Crippen LogP contribution in [0.1, 0.15) is 34.1 Å². The van der Waals surface area contributed by atoms with Crippen molar-refractivity contribution < 1.29 is 19.4 Å². The maximum atomic E-state index is 12.1. The number of aromatic nitrogens is 5. The number of pyridine rings is 2. The summed E-state index contributed by atoms with van der Waals surface area (Å²) in [6, 6.07) is 5.56. The van der Waals surface area contributed by atoms with Crippen molar-refractivity contribution >= 4 is 28.5 Å². The zero-order chi connectivity index (χ0) is 25.4. The lowest BCUT2D eigenvalue weighted by atomic mass is 10.0. The van der Waals surface area contributed by atoms with Crippen LogP contribution in [0, 0.1) is 0 Å². The number of nitrogens with one attached hydrogen (secondary N) is 2. The number of ether oxygens (including phenoxy) is 2. The van der Waals surface area contributed by atoms with Gasteiger partial charge in [0.25, 0.3) is 0 Å². The highest BCUT2D eigenvalue weighted by Crippen LogP contribution is 2.33. The topological polar surface area (TPSA) is 130 Å². The summed E-state index contributed by atoms with van der Waals surface area (Å²) in [5.74, 6) is 1.47. The van der Waals surface area contributed by atoms with E-state index in [-0.39, 0.29) is 6.04 Å². The van der Waals surface area contributed by atoms with Gasteiger partial charge in [-0.1, -0.05) is 0 Å². The van der Waals surface area contributed by atoms with Crippen LogP contribution in [-0.2, 0) is 4.74 Å². The Bertz CT molecular complexity index is 1370. The van der Waals surface area contributed by atoms with Crippen LogP contribution in [-0.4, -0.2) is 73.4 Å². The number of aliphatic hydroxyl groups excluding tert-OH is 1. The van der Waals surface area contributed by atoms with Crippen LogP contribution in [0.25, 0.3) is 27.7 Å². The number of aromatic amines is 1. The van der Waals surface area contributed by atoms with Crippen LogP contribution in [0.15, 0.2) is 36.8 Å². The van der Waals surface area contributed by atoms with E-state index in [1.54, 1.807) is 10.7 Å². The average Bonchev–Trinajstić information content (AvgIpc) is 3.40. The number of carbonyl (C=O) groups excluding carboxylic acids is 1. The Morgan fingerprint density at radius 1 is 1.31 bits per heavy atom. The Hall–Kier alpha value is -3.86. The second kappa shape index (κ2) is 9.30. The molecule has 5 rings (SSSR count). The molecule has 0 aromatic carbocycles. The standard InChI is InChI=1S/C25H31N7O4/c1-5-35-16-10-17(22-18-12-27-29-23(18)30-32(22)13-16)15-6-7-21(26-11-15)31-9-8-19(20(33)14-31)28-24(34)36-25(2,3)4/h6-7,10-13,19-20,33H,5,8-9,14H2,1-4H3,(H,28,34)(H,29,30)/t19-,20+/m0/s1. The smallest absolute Gasteiger partial charge is 0.407 e. The van der Waals surface area contributed by atoms with Gasteiger partial charge in [-0.3, -0.25) is 5.10 Å². The van der Waals surface area contributed by atoms with Gasteiger partial charge in [-0.05, 0) is 52.3 Å². The fourth-order valence-electron chi connectivity index (χ4n) is 4.51. The minimum Gasteiger partial charge on any atom is -0.492 e. The summed E-state index contributed by atoms with van der Waals surface area (Å²) < 4.78 is 12.9. The number of β-amino-alcohol motifs (C(OH)–C–C–N with tert-alkyl or cyclic N) is 1. The number of anilines is 1. The van der Waals surface area contributed by atoms with Crippen LogP contribution >= 0.6 is 0 Å². The van der Waals surface area contributed by atoms with Gasteiger partial charge in [0.05, 0.1) is 42.0 Å². The molecule has 4 aromatic heterocycles. The first kappa shape index (κ1) is 23.9. The molecule has 36 heavy (non-hydrogen) atoms. The molecule has 0 spiro atoms. The third-order valence-corrected chi connectivity index (χ3v) is 6.08. The van der Waals surface area contributed by atoms with Crippen molar-refractivity contribution in [3.8, 4) is 16.9 Å². The van der Waals surface area contributed by atoms with Crippen molar-refractivity contribution in [2.45, 2.75) is 51.9 Å². The van der Waals surface area contributed by atoms with E-state index in [1.165, 1.54) is 0 Å². The molecule has 1 amide bonds. The molecule has 1 fully saturated rings. The number of nitrogens with zero attached hydrogens (tertiary/aromatic N) is 5. The number of aliphatic hydroxyl groups is 1. The molecule has 11 heteroatoms. The fraction of sp³-hybridized carbons (Fsp3) is 0.440. The van der Waals surface area contributed by atoms with Gasteiger partial charge in [-0.2, -0.15) is 5.10 Å². The number of H-pyrrole nitrogens is 1. The lowest BCUT2D eigenvalue weighted by Gasteiger charge is -2.37. The molecule has 3 N–H and O–H groups in total. The fourth-order valence-corrected chi connectivity index (χ4v) is 4.51. The van der Waals surface area contributed by atoms with E-state index < -0.39 is 17.8 Å². The van der Waals surface area contributed by atoms with Crippen molar-refractivity contribution in [1.82, 2.24) is 30.1 Å². The van der Waals surface area contributed by atoms with Crippen LogP contribution in [0.2, 0.25) is 0 Å². The molecule has 2 atom stereocenters. The highest BCUT2D eigenvalue weighted by molar-refractivity contribution is 6.00. The average molecular weight is 494 g/mol. The van der Waals surface area contributed by atoms with Gasteiger partial charge in [0, 0.05) is 30.4 Å². The highest BCUT2D eigenvalue weighted by Gasteiger charge is 2.31. The molecule has 4 aromatic rings. The highest BCUT2D eigenvalue weighted by atomic mass is 16.6. The van der Waals surface area contributed by atoms with E-state index >= 15 is 0 Å². The van der Waals surface area contributed by atoms with E-state index in [9.17, 15) is 9.90 Å².